The minimum Gasteiger partial charge on any atom is -0.0654 e. The molecule has 0 amide bonds. The molecule has 0 heteroatoms. The summed E-state index contributed by atoms with van der Waals surface area (Å²) in [5, 5.41) is 0. The Labute approximate surface area is 339 Å². The van der Waals surface area contributed by atoms with Crippen LogP contribution in [0.1, 0.15) is 272 Å². The van der Waals surface area contributed by atoms with E-state index in [-0.39, 0.29) is 5.41 Å². The lowest BCUT2D eigenvalue weighted by Gasteiger charge is -2.40. The van der Waals surface area contributed by atoms with Gasteiger partial charge in [0.25, 0.3) is 0 Å². The Kier molecular flexibility index (Phi) is 24.9. The molecule has 2 aromatic rings. The van der Waals surface area contributed by atoms with Crippen LogP contribution in [0.25, 0.3) is 0 Å². The molecule has 308 valence electrons. The highest BCUT2D eigenvalue weighted by molar-refractivity contribution is 5.51. The Morgan fingerprint density at radius 1 is 0.315 bits per heavy atom. The molecule has 0 aliphatic heterocycles. The summed E-state index contributed by atoms with van der Waals surface area (Å²) in [4.78, 5) is 0. The minimum absolute atomic E-state index is 0.173. The summed E-state index contributed by atoms with van der Waals surface area (Å²) in [7, 11) is 0. The van der Waals surface area contributed by atoms with Crippen LogP contribution in [0.2, 0.25) is 0 Å². The van der Waals surface area contributed by atoms with E-state index in [9.17, 15) is 0 Å². The van der Waals surface area contributed by atoms with Crippen molar-refractivity contribution < 1.29 is 0 Å². The van der Waals surface area contributed by atoms with Gasteiger partial charge in [0.1, 0.15) is 0 Å². The summed E-state index contributed by atoms with van der Waals surface area (Å²) in [5.74, 6) is 0. The number of rotatable bonds is 32. The molecule has 0 atom stereocenters. The van der Waals surface area contributed by atoms with Gasteiger partial charge in [0.15, 0.2) is 0 Å². The standard InChI is InChI=1S/C54H92/c1-7-13-19-26-34-46-42-50(43-47(35-27-20-14-8-2)52(46)38-30-23-17-11-5)54(40-32-25-33-41-54)51-44-48(36-28-21-15-9-3)53(39-31-24-18-12-6)49(45-51)37-29-22-16-10-4/h42-45H,7-41H2,1-6H3. The molecule has 0 N–H and O–H groups in total. The molecule has 1 aliphatic carbocycles. The third-order valence-corrected chi connectivity index (χ3v) is 13.4. The van der Waals surface area contributed by atoms with Crippen LogP contribution in [0.4, 0.5) is 0 Å². The summed E-state index contributed by atoms with van der Waals surface area (Å²) in [6.07, 6.45) is 47.3. The first-order chi connectivity index (χ1) is 26.6. The molecule has 0 spiro atoms. The molecule has 1 saturated carbocycles. The van der Waals surface area contributed by atoms with Crippen molar-refractivity contribution in [2.24, 2.45) is 0 Å². The van der Waals surface area contributed by atoms with Gasteiger partial charge in [0, 0.05) is 5.41 Å². The Balaban J connectivity index is 2.23. The zero-order valence-electron chi connectivity index (χ0n) is 37.6. The van der Waals surface area contributed by atoms with E-state index >= 15 is 0 Å². The quantitative estimate of drug-likeness (QED) is 0.0655. The van der Waals surface area contributed by atoms with Crippen molar-refractivity contribution >= 4 is 0 Å². The van der Waals surface area contributed by atoms with Gasteiger partial charge in [0.2, 0.25) is 0 Å². The Morgan fingerprint density at radius 2 is 0.574 bits per heavy atom. The lowest BCUT2D eigenvalue weighted by molar-refractivity contribution is 0.345. The second-order valence-corrected chi connectivity index (χ2v) is 18.1. The zero-order chi connectivity index (χ0) is 38.7. The minimum atomic E-state index is 0.173. The van der Waals surface area contributed by atoms with Gasteiger partial charge < -0.3 is 0 Å². The van der Waals surface area contributed by atoms with Crippen LogP contribution in [0.15, 0.2) is 24.3 Å². The summed E-state index contributed by atoms with van der Waals surface area (Å²) in [5.41, 5.74) is 14.2. The SMILES string of the molecule is CCCCCCc1cc(C2(c3cc(CCCCCC)c(CCCCCC)c(CCCCCC)c3)CCCCC2)cc(CCCCCC)c1CCCCCC. The third-order valence-electron chi connectivity index (χ3n) is 13.4. The smallest absolute Gasteiger partial charge is 0.0203 e. The van der Waals surface area contributed by atoms with Gasteiger partial charge in [0.05, 0.1) is 0 Å². The second-order valence-electron chi connectivity index (χ2n) is 18.1. The van der Waals surface area contributed by atoms with Crippen LogP contribution in [-0.4, -0.2) is 0 Å². The molecule has 3 rings (SSSR count). The molecule has 0 bridgehead atoms. The molecule has 0 saturated heterocycles. The normalized spacial score (nSPS) is 14.3. The van der Waals surface area contributed by atoms with E-state index < -0.39 is 0 Å². The van der Waals surface area contributed by atoms with Crippen molar-refractivity contribution in [3.8, 4) is 0 Å². The van der Waals surface area contributed by atoms with Crippen LogP contribution in [0.3, 0.4) is 0 Å². The van der Waals surface area contributed by atoms with Gasteiger partial charge in [-0.2, -0.15) is 0 Å². The molecule has 0 unspecified atom stereocenters. The maximum atomic E-state index is 2.84. The zero-order valence-corrected chi connectivity index (χ0v) is 37.6. The summed E-state index contributed by atoms with van der Waals surface area (Å²) in [6.45, 7) is 14.2. The Hall–Kier alpha value is -1.56. The van der Waals surface area contributed by atoms with Crippen molar-refractivity contribution in [2.45, 2.75) is 272 Å². The second kappa shape index (κ2) is 28.8. The molecule has 0 heterocycles. The van der Waals surface area contributed by atoms with Crippen LogP contribution >= 0.6 is 0 Å². The molecule has 1 fully saturated rings. The van der Waals surface area contributed by atoms with E-state index in [2.05, 4.69) is 65.8 Å². The summed E-state index contributed by atoms with van der Waals surface area (Å²) in [6, 6.07) is 11.3. The monoisotopic (exact) mass is 741 g/mol. The fourth-order valence-corrected chi connectivity index (χ4v) is 10.0. The van der Waals surface area contributed by atoms with Crippen LogP contribution < -0.4 is 0 Å². The Bertz CT molecular complexity index is 1070. The van der Waals surface area contributed by atoms with Gasteiger partial charge in [-0.1, -0.05) is 201 Å². The van der Waals surface area contributed by atoms with Gasteiger partial charge >= 0.3 is 0 Å². The van der Waals surface area contributed by atoms with Crippen molar-refractivity contribution in [3.05, 3.63) is 68.8 Å². The third kappa shape index (κ3) is 15.8. The van der Waals surface area contributed by atoms with E-state index in [0.717, 1.165) is 0 Å². The molecule has 0 aromatic heterocycles. The number of hydrogen-bond donors (Lipinski definition) is 0. The first-order valence-corrected chi connectivity index (χ1v) is 24.9. The number of unbranched alkanes of at least 4 members (excludes halogenated alkanes) is 18. The summed E-state index contributed by atoms with van der Waals surface area (Å²) < 4.78 is 0. The lowest BCUT2D eigenvalue weighted by atomic mass is 9.63. The van der Waals surface area contributed by atoms with Crippen LogP contribution in [0.5, 0.6) is 0 Å². The molecule has 2 aromatic carbocycles. The van der Waals surface area contributed by atoms with Crippen molar-refractivity contribution in [1.82, 2.24) is 0 Å². The van der Waals surface area contributed by atoms with E-state index in [1.165, 1.54) is 225 Å². The molecule has 1 aliphatic rings. The fraction of sp³-hybridized carbons (Fsp3) is 0.778. The summed E-state index contributed by atoms with van der Waals surface area (Å²) >= 11 is 0. The van der Waals surface area contributed by atoms with E-state index in [4.69, 9.17) is 0 Å². The molecular formula is C54H92. The number of benzene rings is 2. The number of hydrogen-bond acceptors (Lipinski definition) is 0. The van der Waals surface area contributed by atoms with Crippen molar-refractivity contribution in [2.75, 3.05) is 0 Å². The molecule has 0 radical (unpaired) electrons. The van der Waals surface area contributed by atoms with Crippen molar-refractivity contribution in [3.63, 3.8) is 0 Å². The lowest BCUT2D eigenvalue weighted by Crippen LogP contribution is -2.32. The number of aryl methyl sites for hydroxylation is 4. The average Bonchev–Trinajstić information content (AvgIpc) is 3.19. The predicted molar refractivity (Wildman–Crippen MR) is 244 cm³/mol. The average molecular weight is 741 g/mol. The first kappa shape index (κ1) is 46.8. The molecule has 0 nitrogen and oxygen atoms in total. The maximum absolute atomic E-state index is 2.84. The van der Waals surface area contributed by atoms with E-state index in [0.29, 0.717) is 0 Å². The predicted octanol–water partition coefficient (Wildman–Crippen LogP) is 17.7. The first-order valence-electron chi connectivity index (χ1n) is 24.9. The van der Waals surface area contributed by atoms with Gasteiger partial charge in [-0.3, -0.25) is 0 Å². The Morgan fingerprint density at radius 3 is 0.833 bits per heavy atom. The topological polar surface area (TPSA) is 0 Å². The van der Waals surface area contributed by atoms with E-state index in [1.54, 1.807) is 44.5 Å². The van der Waals surface area contributed by atoms with Crippen molar-refractivity contribution in [1.29, 1.82) is 0 Å². The van der Waals surface area contributed by atoms with Crippen LogP contribution in [-0.2, 0) is 43.9 Å². The highest BCUT2D eigenvalue weighted by Crippen LogP contribution is 2.47. The van der Waals surface area contributed by atoms with Gasteiger partial charge in [-0.25, -0.2) is 0 Å². The highest BCUT2D eigenvalue weighted by atomic mass is 14.4. The van der Waals surface area contributed by atoms with Crippen LogP contribution in [0, 0.1) is 0 Å². The fourth-order valence-electron chi connectivity index (χ4n) is 10.0. The van der Waals surface area contributed by atoms with Gasteiger partial charge in [-0.15, -0.1) is 0 Å². The largest absolute Gasteiger partial charge is 0.0654 e. The maximum Gasteiger partial charge on any atom is 0.0203 e. The molecule has 54 heavy (non-hydrogen) atoms. The van der Waals surface area contributed by atoms with Gasteiger partial charge in [-0.05, 0) is 134 Å². The highest BCUT2D eigenvalue weighted by Gasteiger charge is 2.37. The molecular weight excluding hydrogens is 649 g/mol. The van der Waals surface area contributed by atoms with E-state index in [1.807, 2.05) is 0 Å².